The summed E-state index contributed by atoms with van der Waals surface area (Å²) >= 11 is 0. The topological polar surface area (TPSA) is 48.1 Å². The van der Waals surface area contributed by atoms with Gasteiger partial charge in [0.05, 0.1) is 13.2 Å². The number of ether oxygens (including phenoxy) is 3. The number of esters is 1. The maximum atomic E-state index is 11.8. The van der Waals surface area contributed by atoms with E-state index in [4.69, 9.17) is 14.2 Å². The molecule has 1 spiro atoms. The second-order valence-electron chi connectivity index (χ2n) is 4.75. The molecule has 3 atom stereocenters. The number of carbonyl (C=O) groups excluding carboxylic acids is 1. The van der Waals surface area contributed by atoms with E-state index < -0.39 is 11.7 Å². The minimum absolute atomic E-state index is 0.141. The summed E-state index contributed by atoms with van der Waals surface area (Å²) in [5, 5.41) is 0. The van der Waals surface area contributed by atoms with Crippen LogP contribution in [0.2, 0.25) is 0 Å². The molecule has 0 bridgehead atoms. The molecule has 0 N–H and O–H groups in total. The molecule has 4 nitrogen and oxygen atoms in total. The first-order valence-electron chi connectivity index (χ1n) is 6.27. The van der Waals surface area contributed by atoms with Crippen LogP contribution >= 0.6 is 0 Å². The van der Waals surface area contributed by atoms with Gasteiger partial charge >= 0.3 is 5.97 Å². The van der Waals surface area contributed by atoms with Crippen molar-refractivity contribution in [1.82, 2.24) is 0 Å². The minimum atomic E-state index is -0.541. The number of benzene rings is 1. The van der Waals surface area contributed by atoms with Crippen molar-refractivity contribution in [2.75, 3.05) is 13.2 Å². The molecule has 2 aliphatic heterocycles. The van der Waals surface area contributed by atoms with Crippen molar-refractivity contribution in [3.8, 4) is 5.75 Å². The molecule has 2 heterocycles. The smallest absolute Gasteiger partial charge is 0.338 e. The predicted molar refractivity (Wildman–Crippen MR) is 64.3 cm³/mol. The monoisotopic (exact) mass is 248 g/mol. The molecule has 0 aliphatic carbocycles. The van der Waals surface area contributed by atoms with Crippen LogP contribution in [0.15, 0.2) is 24.3 Å². The minimum Gasteiger partial charge on any atom is -0.493 e. The van der Waals surface area contributed by atoms with Crippen LogP contribution in [-0.2, 0) is 19.9 Å². The van der Waals surface area contributed by atoms with Crippen molar-refractivity contribution in [3.63, 3.8) is 0 Å². The number of hydrogen-bond donors (Lipinski definition) is 0. The third kappa shape index (κ3) is 1.45. The van der Waals surface area contributed by atoms with Crippen LogP contribution in [0.1, 0.15) is 19.4 Å². The number of para-hydroxylation sites is 1. The molecule has 0 amide bonds. The average Bonchev–Trinajstić information content (AvgIpc) is 3.12. The van der Waals surface area contributed by atoms with E-state index >= 15 is 0 Å². The van der Waals surface area contributed by atoms with Crippen molar-refractivity contribution in [2.45, 2.75) is 25.6 Å². The normalized spacial score (nSPS) is 32.6. The Morgan fingerprint density at radius 2 is 2.28 bits per heavy atom. The summed E-state index contributed by atoms with van der Waals surface area (Å²) < 4.78 is 16.5. The summed E-state index contributed by atoms with van der Waals surface area (Å²) in [6.07, 6.45) is -0.488. The third-order valence-corrected chi connectivity index (χ3v) is 3.67. The van der Waals surface area contributed by atoms with E-state index in [0.29, 0.717) is 13.2 Å². The van der Waals surface area contributed by atoms with Gasteiger partial charge in [0.15, 0.2) is 6.10 Å². The van der Waals surface area contributed by atoms with Crippen LogP contribution in [0.25, 0.3) is 0 Å². The molecule has 2 aliphatic rings. The Bertz CT molecular complexity index is 484. The van der Waals surface area contributed by atoms with E-state index in [2.05, 4.69) is 0 Å². The molecule has 1 saturated heterocycles. The molecule has 18 heavy (non-hydrogen) atoms. The zero-order valence-electron chi connectivity index (χ0n) is 10.5. The first-order valence-corrected chi connectivity index (χ1v) is 6.27. The van der Waals surface area contributed by atoms with Gasteiger partial charge in [-0.2, -0.15) is 0 Å². The first kappa shape index (κ1) is 11.5. The van der Waals surface area contributed by atoms with Crippen LogP contribution in [-0.4, -0.2) is 25.3 Å². The Morgan fingerprint density at radius 1 is 1.50 bits per heavy atom. The quantitative estimate of drug-likeness (QED) is 0.592. The van der Waals surface area contributed by atoms with Crippen LogP contribution in [0.4, 0.5) is 0 Å². The summed E-state index contributed by atoms with van der Waals surface area (Å²) in [5.74, 6) is 0.672. The zero-order valence-corrected chi connectivity index (χ0v) is 10.5. The van der Waals surface area contributed by atoms with Crippen molar-refractivity contribution < 1.29 is 19.0 Å². The van der Waals surface area contributed by atoms with Crippen molar-refractivity contribution in [1.29, 1.82) is 0 Å². The lowest BCUT2D eigenvalue weighted by Gasteiger charge is -2.29. The Labute approximate surface area is 106 Å². The lowest BCUT2D eigenvalue weighted by atomic mass is 9.82. The number of fused-ring (bicyclic) bond motifs is 2. The van der Waals surface area contributed by atoms with Crippen molar-refractivity contribution >= 4 is 5.97 Å². The SMILES string of the molecule is CCOC(=O)C1OC12c1ccccc1OCC2C. The van der Waals surface area contributed by atoms with Gasteiger partial charge in [0.2, 0.25) is 0 Å². The fourth-order valence-electron chi connectivity index (χ4n) is 2.70. The summed E-state index contributed by atoms with van der Waals surface area (Å²) in [7, 11) is 0. The molecule has 1 aromatic rings. The third-order valence-electron chi connectivity index (χ3n) is 3.67. The average molecular weight is 248 g/mol. The second kappa shape index (κ2) is 3.99. The number of rotatable bonds is 2. The Hall–Kier alpha value is -1.55. The number of hydrogen-bond acceptors (Lipinski definition) is 4. The van der Waals surface area contributed by atoms with Crippen molar-refractivity contribution in [3.05, 3.63) is 29.8 Å². The van der Waals surface area contributed by atoms with Crippen LogP contribution in [0.3, 0.4) is 0 Å². The lowest BCUT2D eigenvalue weighted by Crippen LogP contribution is -2.35. The Balaban J connectivity index is 1.96. The highest BCUT2D eigenvalue weighted by molar-refractivity contribution is 5.80. The lowest BCUT2D eigenvalue weighted by molar-refractivity contribution is -0.144. The van der Waals surface area contributed by atoms with E-state index in [9.17, 15) is 4.79 Å². The van der Waals surface area contributed by atoms with E-state index in [-0.39, 0.29) is 11.9 Å². The predicted octanol–water partition coefficient (Wildman–Crippen LogP) is 1.87. The molecule has 4 heteroatoms. The van der Waals surface area contributed by atoms with Gasteiger partial charge in [0.1, 0.15) is 11.4 Å². The van der Waals surface area contributed by atoms with E-state index in [0.717, 1.165) is 11.3 Å². The molecule has 0 aromatic heterocycles. The van der Waals surface area contributed by atoms with Gasteiger partial charge in [-0.15, -0.1) is 0 Å². The summed E-state index contributed by atoms with van der Waals surface area (Å²) in [4.78, 5) is 11.8. The molecule has 0 radical (unpaired) electrons. The Morgan fingerprint density at radius 3 is 3.06 bits per heavy atom. The summed E-state index contributed by atoms with van der Waals surface area (Å²) in [6, 6.07) is 7.73. The number of epoxide rings is 1. The largest absolute Gasteiger partial charge is 0.493 e. The standard InChI is InChI=1S/C14H16O4/c1-3-16-13(15)12-14(18-12)9(2)8-17-11-7-5-4-6-10(11)14/h4-7,9,12H,3,8H2,1-2H3. The maximum absolute atomic E-state index is 11.8. The molecule has 3 unspecified atom stereocenters. The molecule has 0 saturated carbocycles. The maximum Gasteiger partial charge on any atom is 0.338 e. The highest BCUT2D eigenvalue weighted by Crippen LogP contribution is 2.57. The fourth-order valence-corrected chi connectivity index (χ4v) is 2.70. The summed E-state index contributed by atoms with van der Waals surface area (Å²) in [6.45, 7) is 4.78. The van der Waals surface area contributed by atoms with Gasteiger partial charge in [0, 0.05) is 11.5 Å². The van der Waals surface area contributed by atoms with Gasteiger partial charge in [0.25, 0.3) is 0 Å². The molecule has 3 rings (SSSR count). The van der Waals surface area contributed by atoms with E-state index in [1.165, 1.54) is 0 Å². The van der Waals surface area contributed by atoms with Gasteiger partial charge < -0.3 is 14.2 Å². The molecule has 96 valence electrons. The van der Waals surface area contributed by atoms with Crippen LogP contribution in [0, 0.1) is 5.92 Å². The van der Waals surface area contributed by atoms with Gasteiger partial charge in [-0.1, -0.05) is 25.1 Å². The molecule has 1 aromatic carbocycles. The van der Waals surface area contributed by atoms with Gasteiger partial charge in [-0.25, -0.2) is 4.79 Å². The van der Waals surface area contributed by atoms with Crippen LogP contribution < -0.4 is 4.74 Å². The molecular formula is C14H16O4. The number of carbonyl (C=O) groups is 1. The van der Waals surface area contributed by atoms with E-state index in [1.807, 2.05) is 31.2 Å². The zero-order chi connectivity index (χ0) is 12.8. The summed E-state index contributed by atoms with van der Waals surface area (Å²) in [5.41, 5.74) is 0.419. The van der Waals surface area contributed by atoms with Gasteiger partial charge in [-0.3, -0.25) is 0 Å². The molecule has 1 fully saturated rings. The first-order chi connectivity index (χ1) is 8.70. The Kier molecular flexibility index (Phi) is 2.55. The second-order valence-corrected chi connectivity index (χ2v) is 4.75. The fraction of sp³-hybridized carbons (Fsp3) is 0.500. The van der Waals surface area contributed by atoms with Crippen molar-refractivity contribution in [2.24, 2.45) is 5.92 Å². The highest BCUT2D eigenvalue weighted by atomic mass is 16.7. The van der Waals surface area contributed by atoms with Crippen LogP contribution in [0.5, 0.6) is 5.75 Å². The van der Waals surface area contributed by atoms with E-state index in [1.54, 1.807) is 6.92 Å². The molecular weight excluding hydrogens is 232 g/mol. The highest BCUT2D eigenvalue weighted by Gasteiger charge is 2.68. The van der Waals surface area contributed by atoms with Gasteiger partial charge in [-0.05, 0) is 13.0 Å².